The van der Waals surface area contributed by atoms with Crippen LogP contribution in [0, 0.1) is 0 Å². The SMILES string of the molecule is CCN(C)C(=O)Nc1cccc(C(=O)O)c1. The molecule has 2 N–H and O–H groups in total. The van der Waals surface area contributed by atoms with Crippen LogP contribution in [0.4, 0.5) is 10.5 Å². The summed E-state index contributed by atoms with van der Waals surface area (Å²) in [5.41, 5.74) is 0.627. The van der Waals surface area contributed by atoms with Crippen molar-refractivity contribution in [3.63, 3.8) is 0 Å². The Morgan fingerprint density at radius 2 is 2.12 bits per heavy atom. The molecule has 0 spiro atoms. The normalized spacial score (nSPS) is 9.62. The van der Waals surface area contributed by atoms with Crippen molar-refractivity contribution in [3.05, 3.63) is 29.8 Å². The van der Waals surface area contributed by atoms with E-state index in [9.17, 15) is 9.59 Å². The number of nitrogens with one attached hydrogen (secondary N) is 1. The third-order valence-corrected chi connectivity index (χ3v) is 2.18. The minimum atomic E-state index is -1.01. The van der Waals surface area contributed by atoms with Crippen molar-refractivity contribution in [1.29, 1.82) is 0 Å². The van der Waals surface area contributed by atoms with Crippen LogP contribution < -0.4 is 5.32 Å². The van der Waals surface area contributed by atoms with Gasteiger partial charge < -0.3 is 15.3 Å². The summed E-state index contributed by atoms with van der Waals surface area (Å²) in [5.74, 6) is -1.01. The van der Waals surface area contributed by atoms with E-state index in [2.05, 4.69) is 5.32 Å². The zero-order chi connectivity index (χ0) is 12.1. The summed E-state index contributed by atoms with van der Waals surface area (Å²) < 4.78 is 0. The molecule has 16 heavy (non-hydrogen) atoms. The predicted octanol–water partition coefficient (Wildman–Crippen LogP) is 1.87. The third kappa shape index (κ3) is 2.98. The van der Waals surface area contributed by atoms with Gasteiger partial charge >= 0.3 is 12.0 Å². The molecule has 0 fully saturated rings. The fourth-order valence-corrected chi connectivity index (χ4v) is 1.09. The first-order valence-corrected chi connectivity index (χ1v) is 4.90. The van der Waals surface area contributed by atoms with E-state index in [1.54, 1.807) is 19.2 Å². The molecule has 0 aromatic heterocycles. The van der Waals surface area contributed by atoms with Crippen molar-refractivity contribution in [2.24, 2.45) is 0 Å². The van der Waals surface area contributed by atoms with Crippen LogP contribution in [-0.2, 0) is 0 Å². The molecule has 2 amide bonds. The molecule has 0 bridgehead atoms. The maximum atomic E-state index is 11.5. The van der Waals surface area contributed by atoms with Crippen molar-refractivity contribution in [1.82, 2.24) is 4.90 Å². The van der Waals surface area contributed by atoms with Crippen LogP contribution in [0.1, 0.15) is 17.3 Å². The average Bonchev–Trinajstić information content (AvgIpc) is 2.28. The zero-order valence-corrected chi connectivity index (χ0v) is 9.23. The minimum Gasteiger partial charge on any atom is -0.478 e. The second kappa shape index (κ2) is 5.16. The molecular formula is C11H14N2O3. The summed E-state index contributed by atoms with van der Waals surface area (Å²) in [5, 5.41) is 11.4. The largest absolute Gasteiger partial charge is 0.478 e. The number of carbonyl (C=O) groups excluding carboxylic acids is 1. The third-order valence-electron chi connectivity index (χ3n) is 2.18. The lowest BCUT2D eigenvalue weighted by Crippen LogP contribution is -2.30. The second-order valence-corrected chi connectivity index (χ2v) is 3.33. The number of benzene rings is 1. The molecule has 1 rings (SSSR count). The van der Waals surface area contributed by atoms with E-state index in [4.69, 9.17) is 5.11 Å². The number of rotatable bonds is 3. The minimum absolute atomic E-state index is 0.150. The van der Waals surface area contributed by atoms with E-state index in [-0.39, 0.29) is 11.6 Å². The summed E-state index contributed by atoms with van der Waals surface area (Å²) in [6, 6.07) is 5.87. The lowest BCUT2D eigenvalue weighted by Gasteiger charge is -2.15. The topological polar surface area (TPSA) is 69.6 Å². The van der Waals surface area contributed by atoms with Crippen molar-refractivity contribution in [3.8, 4) is 0 Å². The number of urea groups is 1. The van der Waals surface area contributed by atoms with Gasteiger partial charge in [0.2, 0.25) is 0 Å². The zero-order valence-electron chi connectivity index (χ0n) is 9.23. The smallest absolute Gasteiger partial charge is 0.335 e. The number of carboxylic acid groups (broad SMARTS) is 1. The van der Waals surface area contributed by atoms with Crippen molar-refractivity contribution < 1.29 is 14.7 Å². The van der Waals surface area contributed by atoms with Crippen molar-refractivity contribution in [2.75, 3.05) is 18.9 Å². The van der Waals surface area contributed by atoms with Crippen LogP contribution in [0.25, 0.3) is 0 Å². The van der Waals surface area contributed by atoms with Crippen LogP contribution in [0.5, 0.6) is 0 Å². The highest BCUT2D eigenvalue weighted by molar-refractivity contribution is 5.93. The first kappa shape index (κ1) is 12.0. The Kier molecular flexibility index (Phi) is 3.88. The molecule has 0 unspecified atom stereocenters. The van der Waals surface area contributed by atoms with Gasteiger partial charge in [0, 0.05) is 19.3 Å². The highest BCUT2D eigenvalue weighted by Crippen LogP contribution is 2.11. The summed E-state index contributed by atoms with van der Waals surface area (Å²) in [4.78, 5) is 23.7. The molecular weight excluding hydrogens is 208 g/mol. The molecule has 0 heterocycles. The Morgan fingerprint density at radius 3 is 2.69 bits per heavy atom. The molecule has 0 saturated carbocycles. The molecule has 5 nitrogen and oxygen atoms in total. The molecule has 0 atom stereocenters. The number of aromatic carboxylic acids is 1. The number of nitrogens with zero attached hydrogens (tertiary/aromatic N) is 1. The molecule has 0 aliphatic heterocycles. The number of carboxylic acids is 1. The molecule has 0 aliphatic rings. The monoisotopic (exact) mass is 222 g/mol. The Bertz CT molecular complexity index is 404. The first-order valence-electron chi connectivity index (χ1n) is 4.90. The van der Waals surface area contributed by atoms with Crippen molar-refractivity contribution in [2.45, 2.75) is 6.92 Å². The molecule has 1 aromatic rings. The van der Waals surface area contributed by atoms with Gasteiger partial charge in [0.25, 0.3) is 0 Å². The fourth-order valence-electron chi connectivity index (χ4n) is 1.09. The number of carbonyl (C=O) groups is 2. The number of hydrogen-bond donors (Lipinski definition) is 2. The van der Waals surface area contributed by atoms with Gasteiger partial charge in [-0.3, -0.25) is 0 Å². The molecule has 86 valence electrons. The van der Waals surface area contributed by atoms with E-state index in [0.717, 1.165) is 0 Å². The van der Waals surface area contributed by atoms with Crippen LogP contribution in [0.15, 0.2) is 24.3 Å². The summed E-state index contributed by atoms with van der Waals surface area (Å²) in [7, 11) is 1.66. The molecule has 5 heteroatoms. The quantitative estimate of drug-likeness (QED) is 0.820. The highest BCUT2D eigenvalue weighted by atomic mass is 16.4. The summed E-state index contributed by atoms with van der Waals surface area (Å²) in [6.45, 7) is 2.44. The van der Waals surface area contributed by atoms with Gasteiger partial charge in [-0.25, -0.2) is 9.59 Å². The number of anilines is 1. The van der Waals surface area contributed by atoms with E-state index in [0.29, 0.717) is 12.2 Å². The van der Waals surface area contributed by atoms with Crippen LogP contribution >= 0.6 is 0 Å². The second-order valence-electron chi connectivity index (χ2n) is 3.33. The van der Waals surface area contributed by atoms with Crippen LogP contribution in [-0.4, -0.2) is 35.6 Å². The van der Waals surface area contributed by atoms with Gasteiger partial charge in [-0.1, -0.05) is 6.07 Å². The number of hydrogen-bond acceptors (Lipinski definition) is 2. The Morgan fingerprint density at radius 1 is 1.44 bits per heavy atom. The predicted molar refractivity (Wildman–Crippen MR) is 60.7 cm³/mol. The maximum Gasteiger partial charge on any atom is 0.335 e. The average molecular weight is 222 g/mol. The van der Waals surface area contributed by atoms with Gasteiger partial charge in [-0.15, -0.1) is 0 Å². The van der Waals surface area contributed by atoms with E-state index >= 15 is 0 Å². The first-order chi connectivity index (χ1) is 7.54. The molecule has 0 saturated heterocycles. The summed E-state index contributed by atoms with van der Waals surface area (Å²) >= 11 is 0. The van der Waals surface area contributed by atoms with Gasteiger partial charge in [-0.05, 0) is 25.1 Å². The Balaban J connectivity index is 2.78. The van der Waals surface area contributed by atoms with Gasteiger partial charge in [0.1, 0.15) is 0 Å². The van der Waals surface area contributed by atoms with Gasteiger partial charge in [-0.2, -0.15) is 0 Å². The maximum absolute atomic E-state index is 11.5. The van der Waals surface area contributed by atoms with E-state index in [1.807, 2.05) is 6.92 Å². The molecule has 1 aromatic carbocycles. The fraction of sp³-hybridized carbons (Fsp3) is 0.273. The van der Waals surface area contributed by atoms with Crippen LogP contribution in [0.2, 0.25) is 0 Å². The Labute approximate surface area is 93.7 Å². The standard InChI is InChI=1S/C11H14N2O3/c1-3-13(2)11(16)12-9-6-4-5-8(7-9)10(14)15/h4-7H,3H2,1-2H3,(H,12,16)(H,14,15). The van der Waals surface area contributed by atoms with E-state index < -0.39 is 5.97 Å². The van der Waals surface area contributed by atoms with Gasteiger partial charge in [0.05, 0.1) is 5.56 Å². The highest BCUT2D eigenvalue weighted by Gasteiger charge is 2.08. The van der Waals surface area contributed by atoms with Crippen LogP contribution in [0.3, 0.4) is 0 Å². The summed E-state index contributed by atoms with van der Waals surface area (Å²) in [6.07, 6.45) is 0. The Hall–Kier alpha value is -2.04. The lowest BCUT2D eigenvalue weighted by molar-refractivity contribution is 0.0697. The van der Waals surface area contributed by atoms with E-state index in [1.165, 1.54) is 17.0 Å². The molecule has 0 aliphatic carbocycles. The number of amides is 2. The lowest BCUT2D eigenvalue weighted by atomic mass is 10.2. The van der Waals surface area contributed by atoms with Gasteiger partial charge in [0.15, 0.2) is 0 Å². The molecule has 0 radical (unpaired) electrons. The van der Waals surface area contributed by atoms with Crippen molar-refractivity contribution >= 4 is 17.7 Å².